The zero-order chi connectivity index (χ0) is 8.81. The summed E-state index contributed by atoms with van der Waals surface area (Å²) < 4.78 is 15.4. The summed E-state index contributed by atoms with van der Waals surface area (Å²) >= 11 is 4.41. The quantitative estimate of drug-likeness (QED) is 0.410. The van der Waals surface area contributed by atoms with Crippen molar-refractivity contribution in [2.45, 2.75) is 24.2 Å². The van der Waals surface area contributed by atoms with Gasteiger partial charge in [0.2, 0.25) is 0 Å². The highest BCUT2D eigenvalue weighted by molar-refractivity contribution is 7.81. The first kappa shape index (κ1) is 10.3. The van der Waals surface area contributed by atoms with E-state index in [1.54, 1.807) is 7.11 Å². The molecule has 3 nitrogen and oxygen atoms in total. The molecule has 1 aliphatic heterocycles. The summed E-state index contributed by atoms with van der Waals surface area (Å²) in [6.07, 6.45) is 2.36. The van der Waals surface area contributed by atoms with Crippen LogP contribution in [0.5, 0.6) is 0 Å². The van der Waals surface area contributed by atoms with E-state index in [2.05, 4.69) is 12.6 Å². The van der Waals surface area contributed by atoms with E-state index in [1.807, 2.05) is 0 Å². The Labute approximate surface area is 78.8 Å². The third-order valence-corrected chi connectivity index (χ3v) is 2.48. The number of hydrogen-bond donors (Lipinski definition) is 1. The molecule has 0 amide bonds. The zero-order valence-electron chi connectivity index (χ0n) is 7.36. The Morgan fingerprint density at radius 3 is 3.08 bits per heavy atom. The fourth-order valence-corrected chi connectivity index (χ4v) is 1.59. The third kappa shape index (κ3) is 3.31. The molecular formula is C8H16O3S. The molecule has 1 aliphatic rings. The lowest BCUT2D eigenvalue weighted by Gasteiger charge is -2.27. The molecule has 0 N–H and O–H groups in total. The van der Waals surface area contributed by atoms with Crippen LogP contribution < -0.4 is 0 Å². The van der Waals surface area contributed by atoms with Gasteiger partial charge >= 0.3 is 0 Å². The highest BCUT2D eigenvalue weighted by atomic mass is 32.1. The van der Waals surface area contributed by atoms with E-state index >= 15 is 0 Å². The fourth-order valence-electron chi connectivity index (χ4n) is 1.23. The van der Waals surface area contributed by atoms with Crippen molar-refractivity contribution in [3.05, 3.63) is 0 Å². The van der Waals surface area contributed by atoms with Crippen molar-refractivity contribution < 1.29 is 14.2 Å². The molecule has 2 unspecified atom stereocenters. The molecule has 4 heteroatoms. The van der Waals surface area contributed by atoms with E-state index in [4.69, 9.17) is 14.2 Å². The van der Waals surface area contributed by atoms with Gasteiger partial charge in [-0.3, -0.25) is 0 Å². The van der Waals surface area contributed by atoms with E-state index in [-0.39, 0.29) is 6.10 Å². The smallest absolute Gasteiger partial charge is 0.146 e. The fraction of sp³-hybridized carbons (Fsp3) is 1.00. The molecule has 0 saturated carbocycles. The van der Waals surface area contributed by atoms with Crippen molar-refractivity contribution in [3.8, 4) is 0 Å². The molecule has 2 atom stereocenters. The molecule has 0 aromatic heterocycles. The van der Waals surface area contributed by atoms with Crippen molar-refractivity contribution in [1.82, 2.24) is 0 Å². The lowest BCUT2D eigenvalue weighted by molar-refractivity contribution is -0.0879. The first-order chi connectivity index (χ1) is 5.84. The molecule has 0 aromatic carbocycles. The maximum absolute atomic E-state index is 5.48. The van der Waals surface area contributed by atoms with Gasteiger partial charge in [0.05, 0.1) is 12.7 Å². The van der Waals surface area contributed by atoms with Crippen LogP contribution in [0.2, 0.25) is 0 Å². The Balaban J connectivity index is 2.11. The van der Waals surface area contributed by atoms with Crippen molar-refractivity contribution in [3.63, 3.8) is 0 Å². The average Bonchev–Trinajstić information content (AvgIpc) is 2.09. The zero-order valence-corrected chi connectivity index (χ0v) is 8.26. The van der Waals surface area contributed by atoms with Crippen LogP contribution >= 0.6 is 12.6 Å². The summed E-state index contributed by atoms with van der Waals surface area (Å²) in [7, 11) is 1.61. The van der Waals surface area contributed by atoms with Crippen LogP contribution in [0.25, 0.3) is 0 Å². The van der Waals surface area contributed by atoms with Crippen molar-refractivity contribution in [2.24, 2.45) is 0 Å². The van der Waals surface area contributed by atoms with Gasteiger partial charge in [-0.2, -0.15) is 12.6 Å². The van der Waals surface area contributed by atoms with Crippen LogP contribution in [0, 0.1) is 0 Å². The van der Waals surface area contributed by atoms with Crippen LogP contribution in [0.1, 0.15) is 12.8 Å². The molecule has 1 fully saturated rings. The molecule has 0 spiro atoms. The van der Waals surface area contributed by atoms with E-state index in [0.717, 1.165) is 19.4 Å². The van der Waals surface area contributed by atoms with Gasteiger partial charge in [-0.05, 0) is 12.8 Å². The second-order valence-electron chi connectivity index (χ2n) is 2.90. The molecule has 1 rings (SSSR count). The SMILES string of the molecule is COCOCC1OCCCC1S. The van der Waals surface area contributed by atoms with Gasteiger partial charge < -0.3 is 14.2 Å². The van der Waals surface area contributed by atoms with E-state index < -0.39 is 0 Å². The maximum Gasteiger partial charge on any atom is 0.146 e. The average molecular weight is 192 g/mol. The summed E-state index contributed by atoms with van der Waals surface area (Å²) in [5, 5.41) is 0.315. The van der Waals surface area contributed by atoms with E-state index in [9.17, 15) is 0 Å². The summed E-state index contributed by atoms with van der Waals surface area (Å²) in [5.41, 5.74) is 0. The lowest BCUT2D eigenvalue weighted by Crippen LogP contribution is -2.34. The molecule has 12 heavy (non-hydrogen) atoms. The maximum atomic E-state index is 5.48. The number of thiol groups is 1. The van der Waals surface area contributed by atoms with Gasteiger partial charge in [-0.25, -0.2) is 0 Å². The molecule has 1 heterocycles. The van der Waals surface area contributed by atoms with E-state index in [0.29, 0.717) is 18.6 Å². The summed E-state index contributed by atoms with van der Waals surface area (Å²) in [6, 6.07) is 0. The second kappa shape index (κ2) is 5.80. The molecule has 72 valence electrons. The number of rotatable bonds is 4. The lowest BCUT2D eigenvalue weighted by atomic mass is 10.1. The van der Waals surface area contributed by atoms with Crippen LogP contribution in [0.15, 0.2) is 0 Å². The number of ether oxygens (including phenoxy) is 3. The molecule has 1 saturated heterocycles. The molecule has 0 radical (unpaired) electrons. The predicted octanol–water partition coefficient (Wildman–Crippen LogP) is 1.08. The van der Waals surface area contributed by atoms with E-state index in [1.165, 1.54) is 0 Å². The minimum atomic E-state index is 0.136. The van der Waals surface area contributed by atoms with Crippen LogP contribution in [-0.4, -0.2) is 38.5 Å². The first-order valence-electron chi connectivity index (χ1n) is 4.21. The Hall–Kier alpha value is 0.230. The van der Waals surface area contributed by atoms with Gasteiger partial charge in [0.15, 0.2) is 0 Å². The predicted molar refractivity (Wildman–Crippen MR) is 49.6 cm³/mol. The number of methoxy groups -OCH3 is 1. The third-order valence-electron chi connectivity index (χ3n) is 1.89. The highest BCUT2D eigenvalue weighted by Crippen LogP contribution is 2.18. The second-order valence-corrected chi connectivity index (χ2v) is 3.56. The van der Waals surface area contributed by atoms with Crippen molar-refractivity contribution in [1.29, 1.82) is 0 Å². The van der Waals surface area contributed by atoms with Gasteiger partial charge in [0.1, 0.15) is 6.79 Å². The minimum Gasteiger partial charge on any atom is -0.375 e. The highest BCUT2D eigenvalue weighted by Gasteiger charge is 2.22. The Morgan fingerprint density at radius 2 is 2.42 bits per heavy atom. The van der Waals surface area contributed by atoms with Crippen LogP contribution in [0.3, 0.4) is 0 Å². The Kier molecular flexibility index (Phi) is 4.99. The van der Waals surface area contributed by atoms with Crippen LogP contribution in [-0.2, 0) is 14.2 Å². The van der Waals surface area contributed by atoms with Gasteiger partial charge in [0.25, 0.3) is 0 Å². The molecular weight excluding hydrogens is 176 g/mol. The topological polar surface area (TPSA) is 27.7 Å². The van der Waals surface area contributed by atoms with Crippen molar-refractivity contribution in [2.75, 3.05) is 27.1 Å². The summed E-state index contributed by atoms with van der Waals surface area (Å²) in [6.45, 7) is 1.75. The van der Waals surface area contributed by atoms with Gasteiger partial charge in [-0.1, -0.05) is 0 Å². The number of hydrogen-bond acceptors (Lipinski definition) is 4. The molecule has 0 aliphatic carbocycles. The Morgan fingerprint density at radius 1 is 1.58 bits per heavy atom. The Bertz CT molecular complexity index is 121. The van der Waals surface area contributed by atoms with Gasteiger partial charge in [0, 0.05) is 19.0 Å². The van der Waals surface area contributed by atoms with Crippen LogP contribution in [0.4, 0.5) is 0 Å². The molecule has 0 aromatic rings. The largest absolute Gasteiger partial charge is 0.375 e. The van der Waals surface area contributed by atoms with Crippen molar-refractivity contribution >= 4 is 12.6 Å². The summed E-state index contributed by atoms with van der Waals surface area (Å²) in [4.78, 5) is 0. The minimum absolute atomic E-state index is 0.136. The standard InChI is InChI=1S/C8H16O3S/c1-9-6-10-5-7-8(12)3-2-4-11-7/h7-8,12H,2-6H2,1H3. The summed E-state index contributed by atoms with van der Waals surface area (Å²) in [5.74, 6) is 0. The monoisotopic (exact) mass is 192 g/mol. The molecule has 0 bridgehead atoms. The van der Waals surface area contributed by atoms with Gasteiger partial charge in [-0.15, -0.1) is 0 Å². The first-order valence-corrected chi connectivity index (χ1v) is 4.72. The normalized spacial score (nSPS) is 30.5.